The number of aromatic nitrogens is 1. The zero-order valence-electron chi connectivity index (χ0n) is 21.6. The van der Waals surface area contributed by atoms with E-state index in [0.717, 1.165) is 15.8 Å². The number of aliphatic hydroxyl groups excluding tert-OH is 1. The maximum absolute atomic E-state index is 13.5. The van der Waals surface area contributed by atoms with Crippen LogP contribution in [0.15, 0.2) is 121 Å². The molecule has 5 aromatic rings. The number of fused-ring (bicyclic) bond motifs is 1. The van der Waals surface area contributed by atoms with E-state index in [0.29, 0.717) is 33.6 Å². The van der Waals surface area contributed by atoms with E-state index in [4.69, 9.17) is 16.3 Å². The lowest BCUT2D eigenvalue weighted by molar-refractivity contribution is -0.117. The van der Waals surface area contributed by atoms with Gasteiger partial charge in [-0.1, -0.05) is 102 Å². The van der Waals surface area contributed by atoms with Gasteiger partial charge >= 0.3 is 0 Å². The molecule has 1 aliphatic rings. The quantitative estimate of drug-likeness (QED) is 0.191. The largest absolute Gasteiger partial charge is 0.503 e. The number of ether oxygens (including phenoxy) is 1. The van der Waals surface area contributed by atoms with Gasteiger partial charge in [0.2, 0.25) is 0 Å². The Morgan fingerprint density at radius 3 is 2.41 bits per heavy atom. The van der Waals surface area contributed by atoms with E-state index >= 15 is 0 Å². The molecule has 0 spiro atoms. The second-order valence-corrected chi connectivity index (χ2v) is 10.8. The highest BCUT2D eigenvalue weighted by atomic mass is 35.5. The first-order valence-corrected chi connectivity index (χ1v) is 14.0. The zero-order chi connectivity index (χ0) is 28.3. The van der Waals surface area contributed by atoms with E-state index in [9.17, 15) is 14.7 Å². The minimum absolute atomic E-state index is 0.0163. The van der Waals surface area contributed by atoms with Crippen LogP contribution >= 0.6 is 22.9 Å². The molecule has 41 heavy (non-hydrogen) atoms. The van der Waals surface area contributed by atoms with Crippen molar-refractivity contribution in [3.63, 3.8) is 0 Å². The van der Waals surface area contributed by atoms with Gasteiger partial charge in [0.25, 0.3) is 5.91 Å². The first kappa shape index (κ1) is 26.5. The summed E-state index contributed by atoms with van der Waals surface area (Å²) in [5.41, 5.74) is 3.13. The molecule has 0 saturated heterocycles. The average molecular weight is 579 g/mol. The van der Waals surface area contributed by atoms with Crippen molar-refractivity contribution in [2.45, 2.75) is 12.6 Å². The molecule has 1 atom stereocenters. The molecule has 1 aliphatic heterocycles. The lowest BCUT2D eigenvalue weighted by atomic mass is 9.95. The number of rotatable bonds is 8. The Morgan fingerprint density at radius 1 is 0.976 bits per heavy atom. The Bertz CT molecular complexity index is 1800. The number of carbonyl (C=O) groups is 2. The summed E-state index contributed by atoms with van der Waals surface area (Å²) in [6.45, 7) is 0.400. The number of halogens is 1. The molecule has 0 bridgehead atoms. The summed E-state index contributed by atoms with van der Waals surface area (Å²) in [6.07, 6.45) is 3.03. The van der Waals surface area contributed by atoms with E-state index in [1.54, 1.807) is 48.5 Å². The lowest BCUT2D eigenvalue weighted by Gasteiger charge is -2.24. The Labute approximate surface area is 245 Å². The summed E-state index contributed by atoms with van der Waals surface area (Å²) >= 11 is 7.44. The number of nitrogens with zero attached hydrogens (tertiary/aromatic N) is 2. The highest BCUT2D eigenvalue weighted by Crippen LogP contribution is 2.44. The number of ketones is 1. The van der Waals surface area contributed by atoms with E-state index in [1.807, 2.05) is 60.7 Å². The van der Waals surface area contributed by atoms with E-state index in [1.165, 1.54) is 22.3 Å². The van der Waals surface area contributed by atoms with Gasteiger partial charge in [0.15, 0.2) is 16.7 Å². The van der Waals surface area contributed by atoms with Crippen LogP contribution in [-0.2, 0) is 16.2 Å². The third kappa shape index (κ3) is 5.50. The van der Waals surface area contributed by atoms with E-state index in [2.05, 4.69) is 4.98 Å². The smallest absolute Gasteiger partial charge is 0.296 e. The van der Waals surface area contributed by atoms with Crippen LogP contribution in [0.1, 0.15) is 22.7 Å². The van der Waals surface area contributed by atoms with Gasteiger partial charge in [-0.2, -0.15) is 0 Å². The van der Waals surface area contributed by atoms with Gasteiger partial charge in [-0.05, 0) is 53.1 Å². The van der Waals surface area contributed by atoms with Crippen LogP contribution < -0.4 is 9.64 Å². The molecule has 0 fully saturated rings. The predicted octanol–water partition coefficient (Wildman–Crippen LogP) is 7.71. The summed E-state index contributed by atoms with van der Waals surface area (Å²) in [5, 5.41) is 11.9. The summed E-state index contributed by atoms with van der Waals surface area (Å²) in [5.74, 6) is -1.13. The van der Waals surface area contributed by atoms with Crippen LogP contribution in [-0.4, -0.2) is 21.8 Å². The zero-order valence-corrected chi connectivity index (χ0v) is 23.2. The molecular formula is C33H23ClN2O4S. The molecule has 0 radical (unpaired) electrons. The summed E-state index contributed by atoms with van der Waals surface area (Å²) in [4.78, 5) is 33.1. The van der Waals surface area contributed by atoms with Crippen molar-refractivity contribution in [1.29, 1.82) is 0 Å². The normalized spacial score (nSPS) is 15.3. The predicted molar refractivity (Wildman–Crippen MR) is 162 cm³/mol. The van der Waals surface area contributed by atoms with Crippen molar-refractivity contribution >= 4 is 56.1 Å². The van der Waals surface area contributed by atoms with Crippen molar-refractivity contribution in [1.82, 2.24) is 4.98 Å². The monoisotopic (exact) mass is 578 g/mol. The molecule has 1 amide bonds. The van der Waals surface area contributed by atoms with Gasteiger partial charge in [-0.25, -0.2) is 4.98 Å². The first-order chi connectivity index (χ1) is 20.0. The first-order valence-electron chi connectivity index (χ1n) is 12.8. The minimum Gasteiger partial charge on any atom is -0.503 e. The SMILES string of the molecule is O=C(C=Cc1ccccc1)C1=C(O)C(=O)N(c2nc3ccc(Cl)cc3s2)C1c1ccc(OCc2ccccc2)cc1. The lowest BCUT2D eigenvalue weighted by Crippen LogP contribution is -2.30. The maximum Gasteiger partial charge on any atom is 0.296 e. The molecule has 8 heteroatoms. The summed E-state index contributed by atoms with van der Waals surface area (Å²) in [7, 11) is 0. The van der Waals surface area contributed by atoms with E-state index in [-0.39, 0.29) is 5.57 Å². The van der Waals surface area contributed by atoms with Gasteiger partial charge in [0.1, 0.15) is 12.4 Å². The number of hydrogen-bond acceptors (Lipinski definition) is 6. The molecular weight excluding hydrogens is 556 g/mol. The van der Waals surface area contributed by atoms with Crippen molar-refractivity contribution in [3.8, 4) is 5.75 Å². The molecule has 6 nitrogen and oxygen atoms in total. The second kappa shape index (κ2) is 11.4. The molecule has 4 aromatic carbocycles. The van der Waals surface area contributed by atoms with Gasteiger partial charge in [-0.15, -0.1) is 0 Å². The molecule has 2 heterocycles. The topological polar surface area (TPSA) is 79.7 Å². The van der Waals surface area contributed by atoms with Crippen LogP contribution in [0.25, 0.3) is 16.3 Å². The minimum atomic E-state index is -0.894. The Balaban J connectivity index is 1.36. The van der Waals surface area contributed by atoms with Gasteiger partial charge < -0.3 is 9.84 Å². The van der Waals surface area contributed by atoms with Crippen LogP contribution in [0.5, 0.6) is 5.75 Å². The summed E-state index contributed by atoms with van der Waals surface area (Å²) < 4.78 is 6.72. The van der Waals surface area contributed by atoms with Gasteiger partial charge in [-0.3, -0.25) is 14.5 Å². The number of benzene rings is 4. The number of carbonyl (C=O) groups excluding carboxylic acids is 2. The van der Waals surface area contributed by atoms with Crippen LogP contribution in [0.3, 0.4) is 0 Å². The third-order valence-electron chi connectivity index (χ3n) is 6.69. The standard InChI is InChI=1S/C33H23ClN2O4S/c34-24-14-17-26-28(19-24)41-33(35-26)36-30(23-12-15-25(16-13-23)40-20-22-9-5-2-6-10-22)29(31(38)32(36)39)27(37)18-11-21-7-3-1-4-8-21/h1-19,30,38H,20H2. The number of anilines is 1. The molecule has 6 rings (SSSR count). The molecule has 0 aliphatic carbocycles. The fourth-order valence-electron chi connectivity index (χ4n) is 4.67. The number of allylic oxidation sites excluding steroid dienone is 1. The molecule has 1 aromatic heterocycles. The average Bonchev–Trinajstić information content (AvgIpc) is 3.53. The molecule has 1 N–H and O–H groups in total. The highest BCUT2D eigenvalue weighted by molar-refractivity contribution is 7.22. The van der Waals surface area contributed by atoms with Crippen LogP contribution in [0.4, 0.5) is 5.13 Å². The fourth-order valence-corrected chi connectivity index (χ4v) is 5.94. The Morgan fingerprint density at radius 2 is 1.68 bits per heavy atom. The van der Waals surface area contributed by atoms with Crippen LogP contribution in [0.2, 0.25) is 5.02 Å². The molecule has 202 valence electrons. The third-order valence-corrected chi connectivity index (χ3v) is 7.94. The van der Waals surface area contributed by atoms with Crippen molar-refractivity contribution in [3.05, 3.63) is 142 Å². The number of aliphatic hydroxyl groups is 1. The second-order valence-electron chi connectivity index (χ2n) is 9.40. The highest BCUT2D eigenvalue weighted by Gasteiger charge is 2.45. The molecule has 1 unspecified atom stereocenters. The van der Waals surface area contributed by atoms with Crippen molar-refractivity contribution in [2.24, 2.45) is 0 Å². The maximum atomic E-state index is 13.5. The Kier molecular flexibility index (Phi) is 7.37. The molecule has 0 saturated carbocycles. The van der Waals surface area contributed by atoms with Crippen molar-refractivity contribution in [2.75, 3.05) is 4.90 Å². The van der Waals surface area contributed by atoms with Crippen LogP contribution in [0, 0.1) is 0 Å². The van der Waals surface area contributed by atoms with Gasteiger partial charge in [0.05, 0.1) is 21.8 Å². The number of hydrogen-bond donors (Lipinski definition) is 1. The summed E-state index contributed by atoms with van der Waals surface area (Å²) in [6, 6.07) is 30.7. The van der Waals surface area contributed by atoms with Crippen molar-refractivity contribution < 1.29 is 19.4 Å². The number of amides is 1. The fraction of sp³-hybridized carbons (Fsp3) is 0.0606. The van der Waals surface area contributed by atoms with Gasteiger partial charge in [0, 0.05) is 5.02 Å². The van der Waals surface area contributed by atoms with E-state index < -0.39 is 23.5 Å². The number of thiazole rings is 1. The Hall–Kier alpha value is -4.72.